The zero-order chi connectivity index (χ0) is 10.1. The minimum atomic E-state index is -2.43. The largest absolute Gasteiger partial charge is 0.395 e. The van der Waals surface area contributed by atoms with E-state index in [1.165, 1.54) is 4.90 Å². The van der Waals surface area contributed by atoms with Crippen LogP contribution >= 0.6 is 0 Å². The molecule has 0 unspecified atom stereocenters. The Morgan fingerprint density at radius 2 is 2.15 bits per heavy atom. The molecule has 1 N–H and O–H groups in total. The first-order valence-electron chi connectivity index (χ1n) is 3.83. The van der Waals surface area contributed by atoms with Crippen LogP contribution in [0.15, 0.2) is 5.11 Å². The first kappa shape index (κ1) is 12.1. The molecule has 0 aromatic rings. The highest BCUT2D eigenvalue weighted by Gasteiger charge is 2.10. The van der Waals surface area contributed by atoms with Crippen molar-refractivity contribution in [3.63, 3.8) is 0 Å². The number of alkyl halides is 2. The lowest BCUT2D eigenvalue weighted by molar-refractivity contribution is 0.0800. The second kappa shape index (κ2) is 7.72. The molecule has 0 heterocycles. The van der Waals surface area contributed by atoms with Gasteiger partial charge in [0.2, 0.25) is 0 Å². The maximum atomic E-state index is 11.9. The maximum absolute atomic E-state index is 11.9. The van der Waals surface area contributed by atoms with Gasteiger partial charge < -0.3 is 5.11 Å². The first-order valence-corrected chi connectivity index (χ1v) is 3.83. The second-order valence-electron chi connectivity index (χ2n) is 2.37. The first-order chi connectivity index (χ1) is 6.20. The Hall–Kier alpha value is -0.910. The number of azide groups is 1. The second-order valence-corrected chi connectivity index (χ2v) is 2.37. The normalized spacial score (nSPS) is 10.5. The molecule has 5 nitrogen and oxygen atoms in total. The van der Waals surface area contributed by atoms with Crippen molar-refractivity contribution in [3.8, 4) is 0 Å². The molecule has 76 valence electrons. The van der Waals surface area contributed by atoms with Crippen molar-refractivity contribution < 1.29 is 13.9 Å². The molecule has 0 rings (SSSR count). The van der Waals surface area contributed by atoms with E-state index >= 15 is 0 Å². The molecule has 0 aromatic carbocycles. The SMILES string of the molecule is [N-]=[N+]=NCCN(CCO)CC(F)F. The van der Waals surface area contributed by atoms with E-state index in [2.05, 4.69) is 10.0 Å². The molecule has 0 aromatic heterocycles. The van der Waals surface area contributed by atoms with Crippen molar-refractivity contribution >= 4 is 0 Å². The number of halogens is 2. The van der Waals surface area contributed by atoms with Crippen molar-refractivity contribution in [2.24, 2.45) is 5.11 Å². The molecule has 13 heavy (non-hydrogen) atoms. The van der Waals surface area contributed by atoms with E-state index in [0.717, 1.165) is 0 Å². The average molecular weight is 194 g/mol. The van der Waals surface area contributed by atoms with Gasteiger partial charge in [-0.3, -0.25) is 4.90 Å². The zero-order valence-corrected chi connectivity index (χ0v) is 7.10. The third kappa shape index (κ3) is 7.45. The smallest absolute Gasteiger partial charge is 0.251 e. The molecule has 0 saturated carbocycles. The van der Waals surface area contributed by atoms with Gasteiger partial charge >= 0.3 is 0 Å². The summed E-state index contributed by atoms with van der Waals surface area (Å²) in [5, 5.41) is 11.7. The van der Waals surface area contributed by atoms with Crippen molar-refractivity contribution in [2.45, 2.75) is 6.43 Å². The fourth-order valence-electron chi connectivity index (χ4n) is 0.862. The van der Waals surface area contributed by atoms with E-state index in [1.54, 1.807) is 0 Å². The van der Waals surface area contributed by atoms with Crippen LogP contribution in [-0.2, 0) is 0 Å². The van der Waals surface area contributed by atoms with E-state index < -0.39 is 13.0 Å². The number of hydrogen-bond acceptors (Lipinski definition) is 3. The Morgan fingerprint density at radius 1 is 1.46 bits per heavy atom. The minimum Gasteiger partial charge on any atom is -0.395 e. The molecular formula is C6H12F2N4O. The van der Waals surface area contributed by atoms with Crippen molar-refractivity contribution in [3.05, 3.63) is 10.4 Å². The molecule has 0 bridgehead atoms. The van der Waals surface area contributed by atoms with Crippen LogP contribution < -0.4 is 0 Å². The highest BCUT2D eigenvalue weighted by Crippen LogP contribution is 1.97. The van der Waals surface area contributed by atoms with Gasteiger partial charge in [0.1, 0.15) is 0 Å². The van der Waals surface area contributed by atoms with Crippen LogP contribution in [0.5, 0.6) is 0 Å². The van der Waals surface area contributed by atoms with E-state index in [-0.39, 0.29) is 26.2 Å². The van der Waals surface area contributed by atoms with E-state index in [9.17, 15) is 8.78 Å². The third-order valence-corrected chi connectivity index (χ3v) is 1.39. The quantitative estimate of drug-likeness (QED) is 0.371. The molecule has 0 aliphatic carbocycles. The molecule has 0 spiro atoms. The molecule has 7 heteroatoms. The van der Waals surface area contributed by atoms with E-state index in [4.69, 9.17) is 10.6 Å². The molecular weight excluding hydrogens is 182 g/mol. The van der Waals surface area contributed by atoms with E-state index in [1.807, 2.05) is 0 Å². The number of aliphatic hydroxyl groups excluding tert-OH is 1. The molecule has 0 radical (unpaired) electrons. The highest BCUT2D eigenvalue weighted by atomic mass is 19.3. The zero-order valence-electron chi connectivity index (χ0n) is 7.10. The summed E-state index contributed by atoms with van der Waals surface area (Å²) in [5.74, 6) is 0. The topological polar surface area (TPSA) is 72.2 Å². The van der Waals surface area contributed by atoms with Gasteiger partial charge in [0, 0.05) is 24.5 Å². The Bertz CT molecular complexity index is 172. The van der Waals surface area contributed by atoms with Crippen LogP contribution in [0.2, 0.25) is 0 Å². The maximum Gasteiger partial charge on any atom is 0.251 e. The number of aliphatic hydroxyl groups is 1. The van der Waals surface area contributed by atoms with Crippen LogP contribution in [0.3, 0.4) is 0 Å². The highest BCUT2D eigenvalue weighted by molar-refractivity contribution is 4.60. The Balaban J connectivity index is 3.72. The summed E-state index contributed by atoms with van der Waals surface area (Å²) in [7, 11) is 0. The van der Waals surface area contributed by atoms with Gasteiger partial charge in [-0.15, -0.1) is 0 Å². The van der Waals surface area contributed by atoms with Crippen molar-refractivity contribution in [2.75, 3.05) is 32.8 Å². The molecule has 0 atom stereocenters. The van der Waals surface area contributed by atoms with E-state index in [0.29, 0.717) is 0 Å². The number of rotatable bonds is 7. The molecule has 0 fully saturated rings. The number of hydrogen-bond donors (Lipinski definition) is 1. The van der Waals surface area contributed by atoms with Gasteiger partial charge in [-0.25, -0.2) is 8.78 Å². The lowest BCUT2D eigenvalue weighted by Crippen LogP contribution is -2.33. The summed E-state index contributed by atoms with van der Waals surface area (Å²) >= 11 is 0. The molecule has 0 amide bonds. The average Bonchev–Trinajstić information content (AvgIpc) is 2.04. The predicted molar refractivity (Wildman–Crippen MR) is 43.5 cm³/mol. The van der Waals surface area contributed by atoms with Gasteiger partial charge in [-0.2, -0.15) is 0 Å². The monoisotopic (exact) mass is 194 g/mol. The van der Waals surface area contributed by atoms with Gasteiger partial charge in [-0.05, 0) is 5.53 Å². The summed E-state index contributed by atoms with van der Waals surface area (Å²) in [5.41, 5.74) is 7.93. The predicted octanol–water partition coefficient (Wildman–Crippen LogP) is 0.856. The van der Waals surface area contributed by atoms with Gasteiger partial charge in [0.15, 0.2) is 0 Å². The summed E-state index contributed by atoms with van der Waals surface area (Å²) in [6.45, 7) is -0.0199. The van der Waals surface area contributed by atoms with Gasteiger partial charge in [0.25, 0.3) is 6.43 Å². The van der Waals surface area contributed by atoms with Crippen LogP contribution in [0.1, 0.15) is 0 Å². The molecule has 0 aliphatic rings. The van der Waals surface area contributed by atoms with Crippen molar-refractivity contribution in [1.82, 2.24) is 4.90 Å². The fourth-order valence-corrected chi connectivity index (χ4v) is 0.862. The number of nitrogens with zero attached hydrogens (tertiary/aromatic N) is 4. The van der Waals surface area contributed by atoms with Crippen LogP contribution in [-0.4, -0.2) is 49.2 Å². The Labute approximate surface area is 74.6 Å². The third-order valence-electron chi connectivity index (χ3n) is 1.39. The lowest BCUT2D eigenvalue weighted by Gasteiger charge is -2.19. The lowest BCUT2D eigenvalue weighted by atomic mass is 10.4. The van der Waals surface area contributed by atoms with Crippen molar-refractivity contribution in [1.29, 1.82) is 0 Å². The van der Waals surface area contributed by atoms with Gasteiger partial charge in [-0.1, -0.05) is 5.11 Å². The standard InChI is InChI=1S/C6H12F2N4O/c7-6(8)5-12(3-4-13)2-1-10-11-9/h6,13H,1-5H2. The fraction of sp³-hybridized carbons (Fsp3) is 1.00. The van der Waals surface area contributed by atoms with Crippen LogP contribution in [0.4, 0.5) is 8.78 Å². The summed E-state index contributed by atoms with van der Waals surface area (Å²) in [6.07, 6.45) is -2.43. The summed E-state index contributed by atoms with van der Waals surface area (Å²) in [6, 6.07) is 0. The molecule has 0 aliphatic heterocycles. The van der Waals surface area contributed by atoms with Crippen LogP contribution in [0, 0.1) is 0 Å². The summed E-state index contributed by atoms with van der Waals surface area (Å²) < 4.78 is 23.8. The van der Waals surface area contributed by atoms with Gasteiger partial charge in [0.05, 0.1) is 13.2 Å². The molecule has 0 saturated heterocycles. The minimum absolute atomic E-state index is 0.142. The Morgan fingerprint density at radius 3 is 2.62 bits per heavy atom. The Kier molecular flexibility index (Phi) is 7.18. The summed E-state index contributed by atoms with van der Waals surface area (Å²) in [4.78, 5) is 3.84. The van der Waals surface area contributed by atoms with Crippen LogP contribution in [0.25, 0.3) is 10.4 Å².